The Morgan fingerprint density at radius 1 is 0.357 bits per heavy atom. The fraction of sp³-hybridized carbons (Fsp3) is 1.00. The number of unbranched alkanes of at least 4 members (excludes halogenated alkanes) is 9. The largest absolute Gasteiger partial charge is 0.793 e. The van der Waals surface area contributed by atoms with Crippen molar-refractivity contribution in [1.29, 1.82) is 0 Å². The van der Waals surface area contributed by atoms with Crippen LogP contribution < -0.4 is 0 Å². The van der Waals surface area contributed by atoms with Gasteiger partial charge in [-0.3, -0.25) is 0 Å². The highest BCUT2D eigenvalue weighted by molar-refractivity contribution is 7.58. The van der Waals surface area contributed by atoms with Crippen LogP contribution in [0, 0.1) is 0 Å². The third kappa shape index (κ3) is 12.7. The predicted molar refractivity (Wildman–Crippen MR) is 70.6 cm³/mol. The van der Waals surface area contributed by atoms with Crippen LogP contribution in [0.3, 0.4) is 0 Å². The molecule has 0 aliphatic heterocycles. The van der Waals surface area contributed by atoms with Crippen molar-refractivity contribution in [3.63, 3.8) is 0 Å². The van der Waals surface area contributed by atoms with Crippen molar-refractivity contribution in [2.75, 3.05) is 11.5 Å². The van der Waals surface area contributed by atoms with Gasteiger partial charge in [0, 0.05) is 0 Å². The first-order chi connectivity index (χ1) is 6.91. The minimum atomic E-state index is 0.946. The predicted octanol–water partition coefficient (Wildman–Crippen LogP) is 3.98. The molecule has 0 heterocycles. The summed E-state index contributed by atoms with van der Waals surface area (Å²) in [5, 5.41) is 0. The molecule has 0 spiro atoms. The van der Waals surface area contributed by atoms with E-state index < -0.39 is 0 Å². The minimum absolute atomic E-state index is 0.946. The van der Waals surface area contributed by atoms with E-state index in [0.717, 1.165) is 11.5 Å². The summed E-state index contributed by atoms with van der Waals surface area (Å²) in [6.07, 6.45) is 13.6. The fourth-order valence-corrected chi connectivity index (χ4v) is 2.03. The average molecular weight is 232 g/mol. The molecule has 0 rings (SSSR count). The van der Waals surface area contributed by atoms with Gasteiger partial charge in [-0.1, -0.05) is 64.2 Å². The zero-order valence-electron chi connectivity index (χ0n) is 9.30. The molecule has 0 bridgehead atoms. The molecule has 0 aromatic carbocycles. The summed E-state index contributed by atoms with van der Waals surface area (Å²) in [5.74, 6) is 1.89. The summed E-state index contributed by atoms with van der Waals surface area (Å²) in [7, 11) is 0. The van der Waals surface area contributed by atoms with Crippen LogP contribution in [-0.2, 0) is 25.3 Å². The Balaban J connectivity index is 2.78. The van der Waals surface area contributed by atoms with Crippen LogP contribution in [0.1, 0.15) is 64.2 Å². The van der Waals surface area contributed by atoms with E-state index in [4.69, 9.17) is 25.3 Å². The maximum atomic E-state index is 4.90. The van der Waals surface area contributed by atoms with Crippen LogP contribution in [0.15, 0.2) is 0 Å². The van der Waals surface area contributed by atoms with Crippen molar-refractivity contribution < 1.29 is 0 Å². The van der Waals surface area contributed by atoms with Crippen LogP contribution in [0.5, 0.6) is 0 Å². The molecular weight excluding hydrogens is 208 g/mol. The molecule has 14 heavy (non-hydrogen) atoms. The average Bonchev–Trinajstić information content (AvgIpc) is 2.21. The van der Waals surface area contributed by atoms with E-state index in [9.17, 15) is 0 Å². The van der Waals surface area contributed by atoms with Gasteiger partial charge in [0.05, 0.1) is 0 Å². The number of rotatable bonds is 11. The van der Waals surface area contributed by atoms with Crippen molar-refractivity contribution in [2.45, 2.75) is 64.2 Å². The molecule has 0 radical (unpaired) electrons. The van der Waals surface area contributed by atoms with Crippen molar-refractivity contribution in [3.8, 4) is 0 Å². The molecular formula is C12H24S2-2. The monoisotopic (exact) mass is 232 g/mol. The molecule has 0 amide bonds. The summed E-state index contributed by atoms with van der Waals surface area (Å²) in [4.78, 5) is 0. The van der Waals surface area contributed by atoms with Gasteiger partial charge in [0.2, 0.25) is 0 Å². The van der Waals surface area contributed by atoms with Crippen molar-refractivity contribution >= 4 is 25.3 Å². The standard InChI is InChI=1S/C12H26S2/c13-11-9-7-5-3-1-2-4-6-8-10-12-14/h13-14H,1-12H2/p-2. The topological polar surface area (TPSA) is 0 Å². The molecule has 0 N–H and O–H groups in total. The Kier molecular flexibility index (Phi) is 14.4. The lowest BCUT2D eigenvalue weighted by atomic mass is 10.1. The van der Waals surface area contributed by atoms with Gasteiger partial charge < -0.3 is 25.3 Å². The van der Waals surface area contributed by atoms with Gasteiger partial charge in [0.1, 0.15) is 0 Å². The first-order valence-corrected chi connectivity index (χ1v) is 7.23. The molecule has 0 atom stereocenters. The SMILES string of the molecule is [S-]CCCCCCCCCCCC[S-]. The van der Waals surface area contributed by atoms with E-state index in [1.165, 1.54) is 64.2 Å². The van der Waals surface area contributed by atoms with E-state index in [0.29, 0.717) is 0 Å². The lowest BCUT2D eigenvalue weighted by Gasteiger charge is -2.04. The molecule has 0 unspecified atom stereocenters. The van der Waals surface area contributed by atoms with Gasteiger partial charge in [0.15, 0.2) is 0 Å². The van der Waals surface area contributed by atoms with E-state index in [-0.39, 0.29) is 0 Å². The Bertz CT molecular complexity index is 82.3. The van der Waals surface area contributed by atoms with Gasteiger partial charge in [-0.25, -0.2) is 0 Å². The van der Waals surface area contributed by atoms with Crippen LogP contribution in [-0.4, -0.2) is 11.5 Å². The molecule has 0 aliphatic rings. The second kappa shape index (κ2) is 13.7. The van der Waals surface area contributed by atoms with Crippen LogP contribution in [0.25, 0.3) is 0 Å². The highest BCUT2D eigenvalue weighted by Gasteiger charge is 1.90. The Morgan fingerprint density at radius 2 is 0.571 bits per heavy atom. The first-order valence-electron chi connectivity index (χ1n) is 6.08. The van der Waals surface area contributed by atoms with E-state index in [1.807, 2.05) is 0 Å². The highest BCUT2D eigenvalue weighted by Crippen LogP contribution is 2.10. The third-order valence-electron chi connectivity index (χ3n) is 2.54. The Labute approximate surface area is 101 Å². The maximum Gasteiger partial charge on any atom is -0.0533 e. The van der Waals surface area contributed by atoms with Crippen molar-refractivity contribution in [2.24, 2.45) is 0 Å². The summed E-state index contributed by atoms with van der Waals surface area (Å²) >= 11 is 9.81. The minimum Gasteiger partial charge on any atom is -0.793 e. The highest BCUT2D eigenvalue weighted by atomic mass is 32.1. The van der Waals surface area contributed by atoms with Gasteiger partial charge in [-0.2, -0.15) is 11.5 Å². The summed E-state index contributed by atoms with van der Waals surface area (Å²) in [6, 6.07) is 0. The Hall–Kier alpha value is 0.700. The zero-order valence-corrected chi connectivity index (χ0v) is 10.9. The lowest BCUT2D eigenvalue weighted by molar-refractivity contribution is 0.564. The molecule has 0 saturated carbocycles. The molecule has 0 aromatic heterocycles. The molecule has 2 heteroatoms. The summed E-state index contributed by atoms with van der Waals surface area (Å²) < 4.78 is 0. The van der Waals surface area contributed by atoms with Gasteiger partial charge in [-0.15, -0.1) is 0 Å². The molecule has 0 saturated heterocycles. The zero-order chi connectivity index (χ0) is 10.5. The smallest absolute Gasteiger partial charge is 0.0533 e. The first kappa shape index (κ1) is 14.7. The van der Waals surface area contributed by atoms with E-state index >= 15 is 0 Å². The summed E-state index contributed by atoms with van der Waals surface area (Å²) in [5.41, 5.74) is 0. The Morgan fingerprint density at radius 3 is 0.786 bits per heavy atom. The molecule has 0 aliphatic carbocycles. The van der Waals surface area contributed by atoms with Gasteiger partial charge in [0.25, 0.3) is 0 Å². The second-order valence-corrected chi connectivity index (χ2v) is 4.76. The fourth-order valence-electron chi connectivity index (χ4n) is 1.62. The molecule has 0 fully saturated rings. The van der Waals surface area contributed by atoms with Gasteiger partial charge >= 0.3 is 0 Å². The van der Waals surface area contributed by atoms with Crippen molar-refractivity contribution in [3.05, 3.63) is 0 Å². The van der Waals surface area contributed by atoms with Crippen LogP contribution in [0.2, 0.25) is 0 Å². The normalized spacial score (nSPS) is 10.7. The quantitative estimate of drug-likeness (QED) is 0.390. The van der Waals surface area contributed by atoms with E-state index in [1.54, 1.807) is 0 Å². The number of hydrogen-bond donors (Lipinski definition) is 0. The number of hydrogen-bond acceptors (Lipinski definition) is 2. The maximum absolute atomic E-state index is 4.90. The summed E-state index contributed by atoms with van der Waals surface area (Å²) in [6.45, 7) is 0. The van der Waals surface area contributed by atoms with Crippen LogP contribution in [0.4, 0.5) is 0 Å². The molecule has 0 aromatic rings. The second-order valence-electron chi connectivity index (χ2n) is 3.94. The lowest BCUT2D eigenvalue weighted by Crippen LogP contribution is -1.84. The van der Waals surface area contributed by atoms with Gasteiger partial charge in [-0.05, 0) is 0 Å². The third-order valence-corrected chi connectivity index (χ3v) is 3.12. The van der Waals surface area contributed by atoms with Crippen molar-refractivity contribution in [1.82, 2.24) is 0 Å². The van der Waals surface area contributed by atoms with E-state index in [2.05, 4.69) is 0 Å². The van der Waals surface area contributed by atoms with Crippen LogP contribution >= 0.6 is 0 Å². The molecule has 0 nitrogen and oxygen atoms in total. The molecule has 86 valence electrons.